The van der Waals surface area contributed by atoms with Crippen LogP contribution in [0, 0.1) is 12.8 Å². The first kappa shape index (κ1) is 11.8. The lowest BCUT2D eigenvalue weighted by Crippen LogP contribution is -2.23. The van der Waals surface area contributed by atoms with Crippen LogP contribution in [0.15, 0.2) is 18.2 Å². The lowest BCUT2D eigenvalue weighted by molar-refractivity contribution is 0.112. The second-order valence-corrected chi connectivity index (χ2v) is 4.45. The van der Waals surface area contributed by atoms with Crippen molar-refractivity contribution in [1.82, 2.24) is 0 Å². The van der Waals surface area contributed by atoms with E-state index in [4.69, 9.17) is 0 Å². The van der Waals surface area contributed by atoms with Gasteiger partial charge in [0.1, 0.15) is 0 Å². The van der Waals surface area contributed by atoms with E-state index in [0.717, 1.165) is 29.6 Å². The molecule has 2 heteroatoms. The van der Waals surface area contributed by atoms with Gasteiger partial charge in [0.15, 0.2) is 6.29 Å². The van der Waals surface area contributed by atoms with E-state index in [2.05, 4.69) is 18.7 Å². The van der Waals surface area contributed by atoms with Crippen LogP contribution in [0.4, 0.5) is 5.69 Å². The van der Waals surface area contributed by atoms with Crippen LogP contribution in [0.5, 0.6) is 0 Å². The van der Waals surface area contributed by atoms with Crippen LogP contribution in [-0.4, -0.2) is 19.9 Å². The van der Waals surface area contributed by atoms with E-state index in [1.54, 1.807) is 0 Å². The second kappa shape index (κ2) is 4.96. The number of carbonyl (C=O) groups is 1. The summed E-state index contributed by atoms with van der Waals surface area (Å²) in [5, 5.41) is 0. The fourth-order valence-electron chi connectivity index (χ4n) is 1.76. The number of hydrogen-bond acceptors (Lipinski definition) is 2. The monoisotopic (exact) mass is 205 g/mol. The maximum absolute atomic E-state index is 10.9. The van der Waals surface area contributed by atoms with Gasteiger partial charge in [0.05, 0.1) is 0 Å². The highest BCUT2D eigenvalue weighted by Gasteiger charge is 2.08. The Hall–Kier alpha value is -1.31. The van der Waals surface area contributed by atoms with Crippen molar-refractivity contribution in [2.45, 2.75) is 20.8 Å². The SMILES string of the molecule is Cc1ccc(N(C)CC(C)C)c(C=O)c1. The third kappa shape index (κ3) is 3.08. The molecule has 15 heavy (non-hydrogen) atoms. The first-order chi connectivity index (χ1) is 7.04. The first-order valence-corrected chi connectivity index (χ1v) is 5.31. The zero-order valence-electron chi connectivity index (χ0n) is 9.95. The van der Waals surface area contributed by atoms with Gasteiger partial charge < -0.3 is 4.90 Å². The van der Waals surface area contributed by atoms with Crippen molar-refractivity contribution in [3.63, 3.8) is 0 Å². The Morgan fingerprint density at radius 2 is 2.07 bits per heavy atom. The molecule has 1 aromatic rings. The lowest BCUT2D eigenvalue weighted by Gasteiger charge is -2.23. The van der Waals surface area contributed by atoms with Crippen molar-refractivity contribution in [2.24, 2.45) is 5.92 Å². The van der Waals surface area contributed by atoms with E-state index < -0.39 is 0 Å². The van der Waals surface area contributed by atoms with Gasteiger partial charge in [0.2, 0.25) is 0 Å². The minimum Gasteiger partial charge on any atom is -0.374 e. The van der Waals surface area contributed by atoms with E-state index >= 15 is 0 Å². The van der Waals surface area contributed by atoms with Crippen LogP contribution in [0.2, 0.25) is 0 Å². The standard InChI is InChI=1S/C13H19NO/c1-10(2)8-14(4)13-6-5-11(3)7-12(13)9-15/h5-7,9-10H,8H2,1-4H3. The molecule has 0 N–H and O–H groups in total. The summed E-state index contributed by atoms with van der Waals surface area (Å²) < 4.78 is 0. The summed E-state index contributed by atoms with van der Waals surface area (Å²) in [7, 11) is 2.03. The van der Waals surface area contributed by atoms with Crippen molar-refractivity contribution in [2.75, 3.05) is 18.5 Å². The zero-order valence-corrected chi connectivity index (χ0v) is 9.95. The van der Waals surface area contributed by atoms with Gasteiger partial charge in [0, 0.05) is 24.8 Å². The predicted octanol–water partition coefficient (Wildman–Crippen LogP) is 2.90. The van der Waals surface area contributed by atoms with Crippen molar-refractivity contribution >= 4 is 12.0 Å². The van der Waals surface area contributed by atoms with Gasteiger partial charge in [0.25, 0.3) is 0 Å². The van der Waals surface area contributed by atoms with Crippen molar-refractivity contribution in [3.05, 3.63) is 29.3 Å². The number of nitrogens with zero attached hydrogens (tertiary/aromatic N) is 1. The van der Waals surface area contributed by atoms with Crippen LogP contribution in [0.1, 0.15) is 29.8 Å². The van der Waals surface area contributed by atoms with Crippen LogP contribution in [0.25, 0.3) is 0 Å². The molecule has 0 aromatic heterocycles. The minimum absolute atomic E-state index is 0.593. The van der Waals surface area contributed by atoms with Crippen molar-refractivity contribution < 1.29 is 4.79 Å². The molecule has 0 heterocycles. The number of rotatable bonds is 4. The summed E-state index contributed by atoms with van der Waals surface area (Å²) in [6.07, 6.45) is 0.930. The summed E-state index contributed by atoms with van der Waals surface area (Å²) in [4.78, 5) is 13.1. The van der Waals surface area contributed by atoms with Crippen LogP contribution < -0.4 is 4.90 Å². The first-order valence-electron chi connectivity index (χ1n) is 5.31. The van der Waals surface area contributed by atoms with Crippen molar-refractivity contribution in [3.8, 4) is 0 Å². The van der Waals surface area contributed by atoms with Gasteiger partial charge in [-0.3, -0.25) is 4.79 Å². The number of anilines is 1. The summed E-state index contributed by atoms with van der Waals surface area (Å²) in [6, 6.07) is 5.99. The van der Waals surface area contributed by atoms with Crippen molar-refractivity contribution in [1.29, 1.82) is 0 Å². The van der Waals surface area contributed by atoms with Gasteiger partial charge in [-0.2, -0.15) is 0 Å². The molecule has 0 atom stereocenters. The molecule has 0 bridgehead atoms. The lowest BCUT2D eigenvalue weighted by atomic mass is 10.1. The maximum atomic E-state index is 10.9. The molecule has 1 rings (SSSR count). The Balaban J connectivity index is 2.97. The molecule has 0 aliphatic carbocycles. The van der Waals surface area contributed by atoms with Crippen LogP contribution >= 0.6 is 0 Å². The van der Waals surface area contributed by atoms with Crippen LogP contribution in [0.3, 0.4) is 0 Å². The highest BCUT2D eigenvalue weighted by Crippen LogP contribution is 2.20. The fourth-order valence-corrected chi connectivity index (χ4v) is 1.76. The maximum Gasteiger partial charge on any atom is 0.152 e. The largest absolute Gasteiger partial charge is 0.374 e. The molecule has 0 aliphatic rings. The number of aryl methyl sites for hydroxylation is 1. The molecule has 0 amide bonds. The minimum atomic E-state index is 0.593. The molecule has 0 spiro atoms. The highest BCUT2D eigenvalue weighted by atomic mass is 16.1. The molecular formula is C13H19NO. The van der Waals surface area contributed by atoms with Gasteiger partial charge in [-0.15, -0.1) is 0 Å². The summed E-state index contributed by atoms with van der Waals surface area (Å²) in [5.41, 5.74) is 2.92. The normalized spacial score (nSPS) is 10.5. The quantitative estimate of drug-likeness (QED) is 0.704. The van der Waals surface area contributed by atoms with E-state index in [9.17, 15) is 4.79 Å². The molecule has 0 fully saturated rings. The summed E-state index contributed by atoms with van der Waals surface area (Å²) >= 11 is 0. The molecule has 0 saturated heterocycles. The zero-order chi connectivity index (χ0) is 11.4. The second-order valence-electron chi connectivity index (χ2n) is 4.45. The van der Waals surface area contributed by atoms with Gasteiger partial charge in [-0.05, 0) is 25.0 Å². The molecular weight excluding hydrogens is 186 g/mol. The number of carbonyl (C=O) groups excluding carboxylic acids is 1. The Morgan fingerprint density at radius 3 is 2.60 bits per heavy atom. The topological polar surface area (TPSA) is 20.3 Å². The summed E-state index contributed by atoms with van der Waals surface area (Å²) in [6.45, 7) is 7.31. The van der Waals surface area contributed by atoms with Gasteiger partial charge in [-0.25, -0.2) is 0 Å². The Labute approximate surface area is 91.9 Å². The summed E-state index contributed by atoms with van der Waals surface area (Å²) in [5.74, 6) is 0.593. The molecule has 1 aromatic carbocycles. The number of benzene rings is 1. The highest BCUT2D eigenvalue weighted by molar-refractivity contribution is 5.84. The average molecular weight is 205 g/mol. The third-order valence-corrected chi connectivity index (χ3v) is 2.36. The number of hydrogen-bond donors (Lipinski definition) is 0. The van der Waals surface area contributed by atoms with Gasteiger partial charge in [-0.1, -0.05) is 25.5 Å². The fraction of sp³-hybridized carbons (Fsp3) is 0.462. The molecule has 0 unspecified atom stereocenters. The van der Waals surface area contributed by atoms with E-state index in [0.29, 0.717) is 5.92 Å². The predicted molar refractivity (Wildman–Crippen MR) is 64.7 cm³/mol. The smallest absolute Gasteiger partial charge is 0.152 e. The number of aldehydes is 1. The molecule has 2 nitrogen and oxygen atoms in total. The Morgan fingerprint density at radius 1 is 1.40 bits per heavy atom. The molecule has 0 saturated carbocycles. The van der Waals surface area contributed by atoms with Crippen LogP contribution in [-0.2, 0) is 0 Å². The molecule has 82 valence electrons. The Kier molecular flexibility index (Phi) is 3.89. The van der Waals surface area contributed by atoms with E-state index in [-0.39, 0.29) is 0 Å². The van der Waals surface area contributed by atoms with E-state index in [1.165, 1.54) is 0 Å². The van der Waals surface area contributed by atoms with Gasteiger partial charge >= 0.3 is 0 Å². The molecule has 0 aliphatic heterocycles. The molecule has 0 radical (unpaired) electrons. The van der Waals surface area contributed by atoms with E-state index in [1.807, 2.05) is 32.2 Å². The Bertz CT molecular complexity index is 344. The average Bonchev–Trinajstić information content (AvgIpc) is 2.16. The third-order valence-electron chi connectivity index (χ3n) is 2.36.